The van der Waals surface area contributed by atoms with Gasteiger partial charge in [-0.05, 0) is 0 Å². The largest absolute Gasteiger partial charge is 0.501 e. The zero-order valence-corrected chi connectivity index (χ0v) is 9.65. The van der Waals surface area contributed by atoms with Crippen LogP contribution >= 0.6 is 11.6 Å². The van der Waals surface area contributed by atoms with E-state index >= 15 is 0 Å². The summed E-state index contributed by atoms with van der Waals surface area (Å²) in [7, 11) is 2.27. The predicted molar refractivity (Wildman–Crippen MR) is 57.7 cm³/mol. The van der Waals surface area contributed by atoms with Crippen LogP contribution in [0.25, 0.3) is 0 Å². The highest BCUT2D eigenvalue weighted by Gasteiger charge is 2.29. The maximum absolute atomic E-state index is 11.4. The number of hydrogen-bond donors (Lipinski definition) is 1. The lowest BCUT2D eigenvalue weighted by atomic mass is 10.1. The summed E-state index contributed by atoms with van der Waals surface area (Å²) in [5, 5.41) is 20.1. The van der Waals surface area contributed by atoms with E-state index in [0.29, 0.717) is 0 Å². The molecule has 17 heavy (non-hydrogen) atoms. The Balaban J connectivity index is 3.62. The lowest BCUT2D eigenvalue weighted by Crippen LogP contribution is -2.06. The van der Waals surface area contributed by atoms with E-state index in [1.165, 1.54) is 7.11 Å². The smallest absolute Gasteiger partial charge is 0.345 e. The molecule has 0 saturated carbocycles. The number of nitro benzene ring substituents is 1. The fourth-order valence-electron chi connectivity index (χ4n) is 1.24. The minimum atomic E-state index is -0.982. The number of phenols is 1. The van der Waals surface area contributed by atoms with Crippen LogP contribution in [0.2, 0.25) is 5.02 Å². The van der Waals surface area contributed by atoms with Crippen molar-refractivity contribution in [1.29, 1.82) is 0 Å². The Hall–Kier alpha value is -2.02. The fraction of sp³-hybridized carbons (Fsp3) is 0.222. The Labute approximate surface area is 101 Å². The first-order chi connectivity index (χ1) is 7.93. The van der Waals surface area contributed by atoms with Crippen molar-refractivity contribution in [3.05, 3.63) is 26.8 Å². The zero-order valence-electron chi connectivity index (χ0n) is 8.89. The molecule has 0 spiro atoms. The first kappa shape index (κ1) is 13.0. The van der Waals surface area contributed by atoms with Gasteiger partial charge < -0.3 is 14.6 Å². The van der Waals surface area contributed by atoms with Gasteiger partial charge >= 0.3 is 11.7 Å². The van der Waals surface area contributed by atoms with Crippen LogP contribution in [0.3, 0.4) is 0 Å². The van der Waals surface area contributed by atoms with E-state index in [0.717, 1.165) is 13.2 Å². The van der Waals surface area contributed by atoms with Gasteiger partial charge in [0.15, 0.2) is 11.3 Å². The number of methoxy groups -OCH3 is 2. The standard InChI is InChI=1S/C9H8ClNO6/c1-16-8-4(10)3-5(11(14)15)7(12)6(8)9(13)17-2/h3,12H,1-2H3. The van der Waals surface area contributed by atoms with E-state index in [1.807, 2.05) is 0 Å². The van der Waals surface area contributed by atoms with Crippen molar-refractivity contribution in [3.8, 4) is 11.5 Å². The molecule has 1 aromatic carbocycles. The number of carbonyl (C=O) groups is 1. The van der Waals surface area contributed by atoms with Gasteiger partial charge in [0.2, 0.25) is 5.75 Å². The fourth-order valence-corrected chi connectivity index (χ4v) is 1.51. The molecule has 0 heterocycles. The second-order valence-corrected chi connectivity index (χ2v) is 3.29. The molecule has 0 atom stereocenters. The van der Waals surface area contributed by atoms with E-state index in [2.05, 4.69) is 4.74 Å². The molecule has 0 aliphatic carbocycles. The number of benzene rings is 1. The Morgan fingerprint density at radius 3 is 2.53 bits per heavy atom. The maximum atomic E-state index is 11.4. The van der Waals surface area contributed by atoms with Gasteiger partial charge in [-0.25, -0.2) is 4.79 Å². The summed E-state index contributed by atoms with van der Waals surface area (Å²) in [4.78, 5) is 21.2. The molecule has 0 amide bonds. The number of rotatable bonds is 3. The van der Waals surface area contributed by atoms with E-state index in [1.54, 1.807) is 0 Å². The van der Waals surface area contributed by atoms with E-state index in [-0.39, 0.29) is 10.8 Å². The van der Waals surface area contributed by atoms with Gasteiger partial charge in [0.1, 0.15) is 0 Å². The summed E-state index contributed by atoms with van der Waals surface area (Å²) in [6.07, 6.45) is 0. The SMILES string of the molecule is COC(=O)c1c(O)c([N+](=O)[O-])cc(Cl)c1OC. The number of nitrogens with zero attached hydrogens (tertiary/aromatic N) is 1. The third kappa shape index (κ3) is 2.23. The normalized spacial score (nSPS) is 9.82. The third-order valence-corrected chi connectivity index (χ3v) is 2.26. The second kappa shape index (κ2) is 4.88. The topological polar surface area (TPSA) is 98.9 Å². The number of nitro groups is 1. The summed E-state index contributed by atoms with van der Waals surface area (Å²) in [6, 6.07) is 0.891. The van der Waals surface area contributed by atoms with Crippen molar-refractivity contribution in [1.82, 2.24) is 0 Å². The van der Waals surface area contributed by atoms with Gasteiger partial charge in [0, 0.05) is 6.07 Å². The molecular formula is C9H8ClNO6. The van der Waals surface area contributed by atoms with E-state index in [9.17, 15) is 20.0 Å². The van der Waals surface area contributed by atoms with Crippen LogP contribution in [0.4, 0.5) is 5.69 Å². The number of phenolic OH excluding ortho intramolecular Hbond substituents is 1. The monoisotopic (exact) mass is 261 g/mol. The molecule has 92 valence electrons. The highest BCUT2D eigenvalue weighted by atomic mass is 35.5. The maximum Gasteiger partial charge on any atom is 0.345 e. The summed E-state index contributed by atoms with van der Waals surface area (Å²) in [5.41, 5.74) is -1.18. The Morgan fingerprint density at radius 1 is 1.53 bits per heavy atom. The van der Waals surface area contributed by atoms with Crippen molar-refractivity contribution in [2.75, 3.05) is 14.2 Å². The van der Waals surface area contributed by atoms with Crippen molar-refractivity contribution in [2.45, 2.75) is 0 Å². The molecule has 0 fully saturated rings. The van der Waals surface area contributed by atoms with Crippen LogP contribution in [-0.4, -0.2) is 30.2 Å². The summed E-state index contributed by atoms with van der Waals surface area (Å²) >= 11 is 5.70. The van der Waals surface area contributed by atoms with Crippen LogP contribution < -0.4 is 4.74 Å². The van der Waals surface area contributed by atoms with Gasteiger partial charge in [-0.15, -0.1) is 0 Å². The van der Waals surface area contributed by atoms with Gasteiger partial charge in [-0.2, -0.15) is 0 Å². The highest BCUT2D eigenvalue weighted by molar-refractivity contribution is 6.33. The molecule has 1 N–H and O–H groups in total. The first-order valence-electron chi connectivity index (χ1n) is 4.26. The van der Waals surface area contributed by atoms with Gasteiger partial charge in [0.25, 0.3) is 0 Å². The first-order valence-corrected chi connectivity index (χ1v) is 4.64. The number of esters is 1. The number of aromatic hydroxyl groups is 1. The molecule has 1 aromatic rings. The van der Waals surface area contributed by atoms with Gasteiger partial charge in [-0.1, -0.05) is 11.6 Å². The molecule has 1 rings (SSSR count). The molecule has 0 unspecified atom stereocenters. The predicted octanol–water partition coefficient (Wildman–Crippen LogP) is 1.75. The number of ether oxygens (including phenoxy) is 2. The van der Waals surface area contributed by atoms with Crippen molar-refractivity contribution in [3.63, 3.8) is 0 Å². The van der Waals surface area contributed by atoms with Crippen molar-refractivity contribution >= 4 is 23.3 Å². The van der Waals surface area contributed by atoms with E-state index in [4.69, 9.17) is 16.3 Å². The molecule has 8 heteroatoms. The molecule has 7 nitrogen and oxygen atoms in total. The Kier molecular flexibility index (Phi) is 3.74. The zero-order chi connectivity index (χ0) is 13.2. The van der Waals surface area contributed by atoms with Crippen molar-refractivity contribution < 1.29 is 24.3 Å². The van der Waals surface area contributed by atoms with Gasteiger partial charge in [0.05, 0.1) is 24.2 Å². The highest BCUT2D eigenvalue weighted by Crippen LogP contribution is 2.41. The second-order valence-electron chi connectivity index (χ2n) is 2.88. The molecule has 0 saturated heterocycles. The lowest BCUT2D eigenvalue weighted by molar-refractivity contribution is -0.385. The van der Waals surface area contributed by atoms with E-state index < -0.39 is 27.9 Å². The quantitative estimate of drug-likeness (QED) is 0.505. The average Bonchev–Trinajstić information content (AvgIpc) is 2.29. The Morgan fingerprint density at radius 2 is 2.12 bits per heavy atom. The molecule has 0 aliphatic heterocycles. The lowest BCUT2D eigenvalue weighted by Gasteiger charge is -2.10. The van der Waals surface area contributed by atoms with Crippen LogP contribution in [0.15, 0.2) is 6.07 Å². The molecule has 0 aliphatic rings. The molecule has 0 radical (unpaired) electrons. The van der Waals surface area contributed by atoms with Crippen LogP contribution in [0, 0.1) is 10.1 Å². The van der Waals surface area contributed by atoms with Crippen LogP contribution in [0.1, 0.15) is 10.4 Å². The van der Waals surface area contributed by atoms with Gasteiger partial charge in [-0.3, -0.25) is 10.1 Å². The minimum absolute atomic E-state index is 0.169. The number of hydrogen-bond acceptors (Lipinski definition) is 6. The summed E-state index contributed by atoms with van der Waals surface area (Å²) in [5.74, 6) is -2.00. The van der Waals surface area contributed by atoms with Crippen LogP contribution in [-0.2, 0) is 4.74 Å². The molecule has 0 aromatic heterocycles. The van der Waals surface area contributed by atoms with Crippen molar-refractivity contribution in [2.24, 2.45) is 0 Å². The van der Waals surface area contributed by atoms with Crippen LogP contribution in [0.5, 0.6) is 11.5 Å². The Bertz CT molecular complexity index is 487. The number of halogens is 1. The molecular weight excluding hydrogens is 254 g/mol. The average molecular weight is 262 g/mol. The summed E-state index contributed by atoms with van der Waals surface area (Å²) in [6.45, 7) is 0. The minimum Gasteiger partial charge on any atom is -0.501 e. The third-order valence-electron chi connectivity index (χ3n) is 1.98. The summed E-state index contributed by atoms with van der Waals surface area (Å²) < 4.78 is 9.19. The molecule has 0 bridgehead atoms. The number of carbonyl (C=O) groups excluding carboxylic acids is 1.